The van der Waals surface area contributed by atoms with E-state index in [0.29, 0.717) is 46.1 Å². The Morgan fingerprint density at radius 3 is 1.48 bits per heavy atom. The Morgan fingerprint density at radius 1 is 0.500 bits per heavy atom. The van der Waals surface area contributed by atoms with Crippen LogP contribution < -0.4 is 0 Å². The van der Waals surface area contributed by atoms with Crippen LogP contribution in [0.3, 0.4) is 0 Å². The molecule has 6 rings (SSSR count). The second-order valence-electron chi connectivity index (χ2n) is 12.0. The van der Waals surface area contributed by atoms with Gasteiger partial charge in [0.05, 0.1) is 58.1 Å². The molecule has 6 nitrogen and oxygen atoms in total. The van der Waals surface area contributed by atoms with Crippen molar-refractivity contribution in [2.45, 2.75) is 76.2 Å². The Kier molecular flexibility index (Phi) is 12.0. The van der Waals surface area contributed by atoms with Crippen molar-refractivity contribution in [1.29, 1.82) is 0 Å². The molecule has 0 aromatic heterocycles. The standard InChI is InChI=1S/C40H44O6/c1-5-13-31(14-6-1)24-41-29-39-38(44-27-34-19-11-4-12-20-34)23-35(28-45-39)36-21-22-37(43-26-33-17-9-3-10-18-33)40(46-36)30-42-25-32-15-7-2-8-16-32/h1-20,28,36-40H,21-27,29-30H2/t36-,37+,38+,39-,40-/m1/s1. The average Bonchev–Trinajstić information content (AvgIpc) is 3.12. The molecule has 4 aromatic carbocycles. The highest BCUT2D eigenvalue weighted by Crippen LogP contribution is 2.33. The van der Waals surface area contributed by atoms with Crippen LogP contribution in [0.5, 0.6) is 0 Å². The molecule has 0 unspecified atom stereocenters. The Hall–Kier alpha value is -3.78. The molecule has 0 aliphatic carbocycles. The second-order valence-corrected chi connectivity index (χ2v) is 12.0. The van der Waals surface area contributed by atoms with E-state index in [4.69, 9.17) is 28.4 Å². The van der Waals surface area contributed by atoms with E-state index in [1.54, 1.807) is 0 Å². The molecule has 0 N–H and O–H groups in total. The molecule has 0 bridgehead atoms. The SMILES string of the molecule is C1=C([C@H]2CC[C@H](OCc3ccccc3)[C@@H](COCc3ccccc3)O2)C[C@H](OCc2ccccc2)[C@@H](COCc2ccccc2)O1. The van der Waals surface area contributed by atoms with Crippen molar-refractivity contribution in [2.24, 2.45) is 0 Å². The molecular weight excluding hydrogens is 576 g/mol. The van der Waals surface area contributed by atoms with Crippen LogP contribution in [0.1, 0.15) is 41.5 Å². The molecule has 2 aliphatic rings. The Bertz CT molecular complexity index is 1450. The maximum Gasteiger partial charge on any atom is 0.147 e. The van der Waals surface area contributed by atoms with Gasteiger partial charge in [-0.15, -0.1) is 0 Å². The molecular formula is C40H44O6. The van der Waals surface area contributed by atoms with Crippen LogP contribution in [0.25, 0.3) is 0 Å². The van der Waals surface area contributed by atoms with Crippen molar-refractivity contribution in [2.75, 3.05) is 13.2 Å². The molecule has 240 valence electrons. The zero-order valence-corrected chi connectivity index (χ0v) is 26.3. The highest BCUT2D eigenvalue weighted by molar-refractivity contribution is 5.17. The molecule has 46 heavy (non-hydrogen) atoms. The number of hydrogen-bond donors (Lipinski definition) is 0. The third-order valence-corrected chi connectivity index (χ3v) is 8.53. The van der Waals surface area contributed by atoms with Gasteiger partial charge < -0.3 is 28.4 Å². The summed E-state index contributed by atoms with van der Waals surface area (Å²) in [5, 5.41) is 0. The summed E-state index contributed by atoms with van der Waals surface area (Å²) in [5.41, 5.74) is 5.66. The lowest BCUT2D eigenvalue weighted by Crippen LogP contribution is -2.46. The van der Waals surface area contributed by atoms with Crippen LogP contribution in [0.15, 0.2) is 133 Å². The highest BCUT2D eigenvalue weighted by atomic mass is 16.6. The van der Waals surface area contributed by atoms with Crippen molar-refractivity contribution >= 4 is 0 Å². The van der Waals surface area contributed by atoms with Crippen molar-refractivity contribution in [3.63, 3.8) is 0 Å². The number of ether oxygens (including phenoxy) is 6. The van der Waals surface area contributed by atoms with Crippen molar-refractivity contribution in [3.05, 3.63) is 155 Å². The van der Waals surface area contributed by atoms with Gasteiger partial charge in [0.2, 0.25) is 0 Å². The predicted octanol–water partition coefficient (Wildman–Crippen LogP) is 7.81. The summed E-state index contributed by atoms with van der Waals surface area (Å²) in [7, 11) is 0. The minimum atomic E-state index is -0.216. The first kappa shape index (κ1) is 32.2. The van der Waals surface area contributed by atoms with Gasteiger partial charge in [-0.25, -0.2) is 0 Å². The fourth-order valence-corrected chi connectivity index (χ4v) is 5.96. The fourth-order valence-electron chi connectivity index (χ4n) is 5.96. The number of rotatable bonds is 15. The lowest BCUT2D eigenvalue weighted by molar-refractivity contribution is -0.162. The highest BCUT2D eigenvalue weighted by Gasteiger charge is 2.38. The summed E-state index contributed by atoms with van der Waals surface area (Å²) in [5.74, 6) is 0. The number of hydrogen-bond acceptors (Lipinski definition) is 6. The zero-order valence-electron chi connectivity index (χ0n) is 26.3. The Labute approximate surface area is 272 Å². The smallest absolute Gasteiger partial charge is 0.147 e. The molecule has 2 aliphatic heterocycles. The summed E-state index contributed by atoms with van der Waals surface area (Å²) in [6.45, 7) is 3.00. The summed E-state index contributed by atoms with van der Waals surface area (Å²) in [6.07, 6.45) is 3.55. The van der Waals surface area contributed by atoms with E-state index < -0.39 is 0 Å². The van der Waals surface area contributed by atoms with Gasteiger partial charge in [0.1, 0.15) is 18.3 Å². The monoisotopic (exact) mass is 620 g/mol. The Morgan fingerprint density at radius 2 is 0.957 bits per heavy atom. The fraction of sp³-hybridized carbons (Fsp3) is 0.350. The van der Waals surface area contributed by atoms with E-state index in [-0.39, 0.29) is 30.5 Å². The first-order valence-electron chi connectivity index (χ1n) is 16.3. The molecule has 1 saturated heterocycles. The predicted molar refractivity (Wildman–Crippen MR) is 178 cm³/mol. The zero-order chi connectivity index (χ0) is 31.2. The van der Waals surface area contributed by atoms with Crippen LogP contribution >= 0.6 is 0 Å². The minimum Gasteiger partial charge on any atom is -0.493 e. The van der Waals surface area contributed by atoms with Gasteiger partial charge in [0.25, 0.3) is 0 Å². The number of benzene rings is 4. The van der Waals surface area contributed by atoms with Crippen molar-refractivity contribution < 1.29 is 28.4 Å². The Balaban J connectivity index is 1.10. The normalized spacial score (nSPS) is 23.0. The van der Waals surface area contributed by atoms with Gasteiger partial charge in [0, 0.05) is 6.42 Å². The quantitative estimate of drug-likeness (QED) is 0.135. The third-order valence-electron chi connectivity index (χ3n) is 8.53. The molecule has 0 amide bonds. The molecule has 0 radical (unpaired) electrons. The minimum absolute atomic E-state index is 0.0680. The molecule has 0 saturated carbocycles. The van der Waals surface area contributed by atoms with Crippen LogP contribution in [0, 0.1) is 0 Å². The van der Waals surface area contributed by atoms with E-state index in [9.17, 15) is 0 Å². The van der Waals surface area contributed by atoms with Crippen LogP contribution in [-0.4, -0.2) is 43.7 Å². The lowest BCUT2D eigenvalue weighted by Gasteiger charge is -2.40. The maximum absolute atomic E-state index is 6.77. The lowest BCUT2D eigenvalue weighted by atomic mass is 9.91. The summed E-state index contributed by atoms with van der Waals surface area (Å²) < 4.78 is 38.3. The maximum atomic E-state index is 6.77. The summed E-state index contributed by atoms with van der Waals surface area (Å²) >= 11 is 0. The van der Waals surface area contributed by atoms with E-state index in [2.05, 4.69) is 48.5 Å². The molecule has 5 atom stereocenters. The summed E-state index contributed by atoms with van der Waals surface area (Å²) in [6, 6.07) is 41.0. The second kappa shape index (κ2) is 17.2. The van der Waals surface area contributed by atoms with Gasteiger partial charge in [-0.2, -0.15) is 0 Å². The van der Waals surface area contributed by atoms with Gasteiger partial charge in [-0.3, -0.25) is 0 Å². The summed E-state index contributed by atoms with van der Waals surface area (Å²) in [4.78, 5) is 0. The largest absolute Gasteiger partial charge is 0.493 e. The topological polar surface area (TPSA) is 55.4 Å². The molecule has 1 fully saturated rings. The van der Waals surface area contributed by atoms with E-state index in [1.807, 2.05) is 79.1 Å². The average molecular weight is 621 g/mol. The first-order chi connectivity index (χ1) is 22.8. The molecule has 6 heteroatoms. The van der Waals surface area contributed by atoms with E-state index >= 15 is 0 Å². The van der Waals surface area contributed by atoms with Crippen LogP contribution in [-0.2, 0) is 54.8 Å². The first-order valence-corrected chi connectivity index (χ1v) is 16.3. The van der Waals surface area contributed by atoms with Crippen molar-refractivity contribution in [1.82, 2.24) is 0 Å². The van der Waals surface area contributed by atoms with Crippen LogP contribution in [0.4, 0.5) is 0 Å². The molecule has 4 aromatic rings. The van der Waals surface area contributed by atoms with E-state index in [0.717, 1.165) is 40.7 Å². The third kappa shape index (κ3) is 9.61. The van der Waals surface area contributed by atoms with Gasteiger partial charge in [-0.05, 0) is 40.7 Å². The van der Waals surface area contributed by atoms with Gasteiger partial charge in [0.15, 0.2) is 0 Å². The van der Waals surface area contributed by atoms with Crippen molar-refractivity contribution in [3.8, 4) is 0 Å². The van der Waals surface area contributed by atoms with E-state index in [1.165, 1.54) is 0 Å². The van der Waals surface area contributed by atoms with Crippen LogP contribution in [0.2, 0.25) is 0 Å². The molecule has 2 heterocycles. The van der Waals surface area contributed by atoms with Gasteiger partial charge in [-0.1, -0.05) is 121 Å². The van der Waals surface area contributed by atoms with Gasteiger partial charge >= 0.3 is 0 Å². The molecule has 0 spiro atoms.